The zero-order chi connectivity index (χ0) is 18.2. The largest absolute Gasteiger partial charge is 0.352 e. The lowest BCUT2D eigenvalue weighted by atomic mass is 9.96. The SMILES string of the molecule is Cc1cc(S(N)(=O)=O)cc(C(=O)NCC2CCN(C3CC3)CC2)c1C. The van der Waals surface area contributed by atoms with E-state index in [0.29, 0.717) is 18.0 Å². The third kappa shape index (κ3) is 4.40. The molecule has 1 saturated carbocycles. The van der Waals surface area contributed by atoms with E-state index >= 15 is 0 Å². The minimum absolute atomic E-state index is 0.0153. The molecule has 2 fully saturated rings. The Morgan fingerprint density at radius 2 is 1.84 bits per heavy atom. The Balaban J connectivity index is 1.62. The van der Waals surface area contributed by atoms with Gasteiger partial charge in [-0.15, -0.1) is 0 Å². The van der Waals surface area contributed by atoms with Crippen molar-refractivity contribution >= 4 is 15.9 Å². The molecule has 25 heavy (non-hydrogen) atoms. The van der Waals surface area contributed by atoms with Gasteiger partial charge in [0.1, 0.15) is 0 Å². The van der Waals surface area contributed by atoms with Crippen molar-refractivity contribution in [2.75, 3.05) is 19.6 Å². The fourth-order valence-electron chi connectivity index (χ4n) is 3.52. The number of nitrogens with two attached hydrogens (primary N) is 1. The summed E-state index contributed by atoms with van der Waals surface area (Å²) in [5, 5.41) is 8.20. The van der Waals surface area contributed by atoms with Crippen molar-refractivity contribution in [1.82, 2.24) is 10.2 Å². The predicted molar refractivity (Wildman–Crippen MR) is 96.9 cm³/mol. The van der Waals surface area contributed by atoms with Crippen molar-refractivity contribution in [2.24, 2.45) is 11.1 Å². The first-order valence-corrected chi connectivity index (χ1v) is 10.5. The van der Waals surface area contributed by atoms with Gasteiger partial charge in [-0.05, 0) is 81.8 Å². The lowest BCUT2D eigenvalue weighted by molar-refractivity contribution is 0.0934. The molecule has 2 aliphatic rings. The van der Waals surface area contributed by atoms with Gasteiger partial charge in [-0.1, -0.05) is 0 Å². The van der Waals surface area contributed by atoms with Crippen LogP contribution < -0.4 is 10.5 Å². The number of carbonyl (C=O) groups is 1. The number of primary sulfonamides is 1. The molecule has 3 N–H and O–H groups in total. The molecule has 0 unspecified atom stereocenters. The molecule has 0 aromatic heterocycles. The number of sulfonamides is 1. The van der Waals surface area contributed by atoms with Gasteiger partial charge in [0.25, 0.3) is 5.91 Å². The lowest BCUT2D eigenvalue weighted by Crippen LogP contribution is -2.39. The van der Waals surface area contributed by atoms with Crippen LogP contribution in [0.2, 0.25) is 0 Å². The Kier molecular flexibility index (Phi) is 5.18. The summed E-state index contributed by atoms with van der Waals surface area (Å²) >= 11 is 0. The second-order valence-electron chi connectivity index (χ2n) is 7.38. The van der Waals surface area contributed by atoms with E-state index in [1.807, 2.05) is 6.92 Å². The molecule has 1 aromatic carbocycles. The van der Waals surface area contributed by atoms with Crippen LogP contribution in [0.1, 0.15) is 47.2 Å². The number of nitrogens with zero attached hydrogens (tertiary/aromatic N) is 1. The van der Waals surface area contributed by atoms with Crippen LogP contribution in [0.5, 0.6) is 0 Å². The molecule has 1 aliphatic carbocycles. The van der Waals surface area contributed by atoms with Gasteiger partial charge in [0.05, 0.1) is 4.90 Å². The number of likely N-dealkylation sites (tertiary alicyclic amines) is 1. The smallest absolute Gasteiger partial charge is 0.251 e. The van der Waals surface area contributed by atoms with Crippen LogP contribution in [-0.4, -0.2) is 44.9 Å². The maximum Gasteiger partial charge on any atom is 0.251 e. The quantitative estimate of drug-likeness (QED) is 0.828. The summed E-state index contributed by atoms with van der Waals surface area (Å²) in [6.07, 6.45) is 4.87. The molecular formula is C18H27N3O3S. The Hall–Kier alpha value is -1.44. The summed E-state index contributed by atoms with van der Waals surface area (Å²) in [6.45, 7) is 6.48. The second kappa shape index (κ2) is 7.05. The summed E-state index contributed by atoms with van der Waals surface area (Å²) in [5.74, 6) is 0.262. The Bertz CT molecular complexity index is 764. The van der Waals surface area contributed by atoms with E-state index in [2.05, 4.69) is 10.2 Å². The normalized spacial score (nSPS) is 19.8. The van der Waals surface area contributed by atoms with Crippen molar-refractivity contribution in [3.05, 3.63) is 28.8 Å². The standard InChI is InChI=1S/C18H27N3O3S/c1-12-9-16(25(19,23)24)10-17(13(12)2)18(22)20-11-14-5-7-21(8-6-14)15-3-4-15/h9-10,14-15H,3-8,11H2,1-2H3,(H,20,22)(H2,19,23,24). The molecule has 7 heteroatoms. The maximum absolute atomic E-state index is 12.6. The average molecular weight is 365 g/mol. The molecule has 0 bridgehead atoms. The molecule has 1 heterocycles. The molecule has 6 nitrogen and oxygen atoms in total. The van der Waals surface area contributed by atoms with Gasteiger partial charge in [0.15, 0.2) is 0 Å². The summed E-state index contributed by atoms with van der Waals surface area (Å²) in [6, 6.07) is 3.69. The van der Waals surface area contributed by atoms with E-state index in [-0.39, 0.29) is 10.8 Å². The number of benzene rings is 1. The first-order valence-electron chi connectivity index (χ1n) is 8.92. The van der Waals surface area contributed by atoms with Gasteiger partial charge < -0.3 is 10.2 Å². The number of aryl methyl sites for hydroxylation is 1. The van der Waals surface area contributed by atoms with Crippen LogP contribution in [0.15, 0.2) is 17.0 Å². The van der Waals surface area contributed by atoms with Gasteiger partial charge in [-0.2, -0.15) is 0 Å². The van der Waals surface area contributed by atoms with E-state index in [4.69, 9.17) is 5.14 Å². The third-order valence-electron chi connectivity index (χ3n) is 5.48. The Morgan fingerprint density at radius 3 is 2.40 bits per heavy atom. The number of amides is 1. The number of hydrogen-bond acceptors (Lipinski definition) is 4. The highest BCUT2D eigenvalue weighted by Crippen LogP contribution is 2.30. The summed E-state index contributed by atoms with van der Waals surface area (Å²) in [5.41, 5.74) is 1.92. The van der Waals surface area contributed by atoms with Crippen molar-refractivity contribution in [1.29, 1.82) is 0 Å². The van der Waals surface area contributed by atoms with Crippen LogP contribution in [0.25, 0.3) is 0 Å². The number of piperidine rings is 1. The van der Waals surface area contributed by atoms with Crippen molar-refractivity contribution in [2.45, 2.75) is 50.5 Å². The fourth-order valence-corrected chi connectivity index (χ4v) is 4.14. The zero-order valence-electron chi connectivity index (χ0n) is 14.9. The zero-order valence-corrected chi connectivity index (χ0v) is 15.7. The molecular weight excluding hydrogens is 338 g/mol. The lowest BCUT2D eigenvalue weighted by Gasteiger charge is -2.32. The van der Waals surface area contributed by atoms with E-state index in [1.54, 1.807) is 6.92 Å². The first kappa shape index (κ1) is 18.4. The van der Waals surface area contributed by atoms with Crippen molar-refractivity contribution in [3.63, 3.8) is 0 Å². The first-order chi connectivity index (χ1) is 11.8. The summed E-state index contributed by atoms with van der Waals surface area (Å²) in [4.78, 5) is 15.1. The Morgan fingerprint density at radius 1 is 1.20 bits per heavy atom. The van der Waals surface area contributed by atoms with Gasteiger partial charge in [0.2, 0.25) is 10.0 Å². The Labute approximate surface area is 149 Å². The number of hydrogen-bond donors (Lipinski definition) is 2. The molecule has 0 spiro atoms. The molecule has 1 saturated heterocycles. The van der Waals surface area contributed by atoms with E-state index < -0.39 is 10.0 Å². The highest BCUT2D eigenvalue weighted by Gasteiger charge is 2.31. The third-order valence-corrected chi connectivity index (χ3v) is 6.37. The van der Waals surface area contributed by atoms with Crippen molar-refractivity contribution < 1.29 is 13.2 Å². The molecule has 1 aliphatic heterocycles. The molecule has 3 rings (SSSR count). The minimum Gasteiger partial charge on any atom is -0.352 e. The van der Waals surface area contributed by atoms with Gasteiger partial charge >= 0.3 is 0 Å². The van der Waals surface area contributed by atoms with Gasteiger partial charge in [-0.25, -0.2) is 13.6 Å². The topological polar surface area (TPSA) is 92.5 Å². The monoisotopic (exact) mass is 365 g/mol. The van der Waals surface area contributed by atoms with Crippen molar-refractivity contribution in [3.8, 4) is 0 Å². The van der Waals surface area contributed by atoms with Gasteiger partial charge in [0, 0.05) is 18.2 Å². The summed E-state index contributed by atoms with van der Waals surface area (Å²) < 4.78 is 23.2. The van der Waals surface area contributed by atoms with E-state index in [1.165, 1.54) is 25.0 Å². The molecule has 1 amide bonds. The fraction of sp³-hybridized carbons (Fsp3) is 0.611. The van der Waals surface area contributed by atoms with Crippen LogP contribution in [0, 0.1) is 19.8 Å². The highest BCUT2D eigenvalue weighted by atomic mass is 32.2. The molecule has 1 aromatic rings. The van der Waals surface area contributed by atoms with Crippen LogP contribution >= 0.6 is 0 Å². The van der Waals surface area contributed by atoms with E-state index in [0.717, 1.165) is 43.1 Å². The van der Waals surface area contributed by atoms with Crippen LogP contribution in [-0.2, 0) is 10.0 Å². The molecule has 0 radical (unpaired) electrons. The maximum atomic E-state index is 12.6. The van der Waals surface area contributed by atoms with Crippen LogP contribution in [0.4, 0.5) is 0 Å². The second-order valence-corrected chi connectivity index (χ2v) is 8.94. The average Bonchev–Trinajstić information content (AvgIpc) is 3.39. The van der Waals surface area contributed by atoms with Gasteiger partial charge in [-0.3, -0.25) is 4.79 Å². The molecule has 0 atom stereocenters. The van der Waals surface area contributed by atoms with Crippen LogP contribution in [0.3, 0.4) is 0 Å². The molecule has 138 valence electrons. The number of rotatable bonds is 5. The predicted octanol–water partition coefficient (Wildman–Crippen LogP) is 1.56. The summed E-state index contributed by atoms with van der Waals surface area (Å²) in [7, 11) is -3.83. The number of nitrogens with one attached hydrogen (secondary N) is 1. The minimum atomic E-state index is -3.83. The van der Waals surface area contributed by atoms with E-state index in [9.17, 15) is 13.2 Å². The highest BCUT2D eigenvalue weighted by molar-refractivity contribution is 7.89. The number of carbonyl (C=O) groups excluding carboxylic acids is 1.